The molecule has 0 spiro atoms. The summed E-state index contributed by atoms with van der Waals surface area (Å²) < 4.78 is 111. The number of alkyl halides is 3. The first-order valence-electron chi connectivity index (χ1n) is 23.1. The molecule has 3 aromatic carbocycles. The molecule has 0 aliphatic heterocycles. The minimum atomic E-state index is -4.98. The van der Waals surface area contributed by atoms with E-state index in [9.17, 15) is 54.4 Å². The van der Waals surface area contributed by atoms with Gasteiger partial charge in [-0.3, -0.25) is 19.0 Å². The van der Waals surface area contributed by atoms with Gasteiger partial charge in [0.05, 0.1) is 33.5 Å². The number of hydrogen-bond donors (Lipinski definition) is 5. The van der Waals surface area contributed by atoms with Crippen molar-refractivity contribution in [1.29, 1.82) is 0 Å². The third kappa shape index (κ3) is 22.2. The summed E-state index contributed by atoms with van der Waals surface area (Å²) >= 11 is -2.77. The fourth-order valence-electron chi connectivity index (χ4n) is 6.50. The first-order chi connectivity index (χ1) is 34.7. The Morgan fingerprint density at radius 3 is 1.86 bits per heavy atom. The lowest BCUT2D eigenvalue weighted by molar-refractivity contribution is -0.519. The van der Waals surface area contributed by atoms with Gasteiger partial charge in [0.25, 0.3) is 16.0 Å². The minimum Gasteiger partial charge on any atom is -0.508 e. The average molecular weight is 1070 g/mol. The van der Waals surface area contributed by atoms with Crippen LogP contribution >= 0.6 is 0 Å². The Morgan fingerprint density at radius 2 is 1.38 bits per heavy atom. The van der Waals surface area contributed by atoms with E-state index >= 15 is 0 Å². The van der Waals surface area contributed by atoms with Crippen molar-refractivity contribution in [2.45, 2.75) is 63.9 Å². The van der Waals surface area contributed by atoms with Crippen LogP contribution in [0, 0.1) is 0 Å². The van der Waals surface area contributed by atoms with Gasteiger partial charge < -0.3 is 39.4 Å². The fourth-order valence-corrected chi connectivity index (χ4v) is 7.79. The molecular formula is C50H66F3N4O14S2+. The first-order valence-corrected chi connectivity index (χ1v) is 25.7. The molecule has 1 aliphatic rings. The van der Waals surface area contributed by atoms with Gasteiger partial charge in [0.1, 0.15) is 34.4 Å². The van der Waals surface area contributed by atoms with E-state index in [2.05, 4.69) is 43.7 Å². The highest BCUT2D eigenvalue weighted by Gasteiger charge is 2.42. The van der Waals surface area contributed by atoms with Gasteiger partial charge in [0.2, 0.25) is 5.91 Å². The maximum atomic E-state index is 13.0. The number of benzene rings is 3. The number of rotatable bonds is 24. The number of phenols is 1. The number of aromatic hydroxyl groups is 1. The van der Waals surface area contributed by atoms with Crippen LogP contribution in [-0.2, 0) is 54.8 Å². The fraction of sp³-hybridized carbons (Fsp3) is 0.400. The Bertz CT molecular complexity index is 2520. The number of anilines is 1. The van der Waals surface area contributed by atoms with E-state index < -0.39 is 55.6 Å². The molecule has 0 radical (unpaired) electrons. The number of carbonyl (C=O) groups excluding carboxylic acids is 3. The Labute approximate surface area is 427 Å². The number of phenolic OH excluding ortho intramolecular Hbond substituents is 1. The largest absolute Gasteiger partial charge is 0.508 e. The van der Waals surface area contributed by atoms with E-state index in [1.54, 1.807) is 18.2 Å². The molecule has 402 valence electrons. The molecule has 0 heterocycles. The van der Waals surface area contributed by atoms with E-state index in [1.807, 2.05) is 76.3 Å². The van der Waals surface area contributed by atoms with E-state index in [-0.39, 0.29) is 62.5 Å². The molecular weight excluding hydrogens is 1000 g/mol. The van der Waals surface area contributed by atoms with Crippen LogP contribution < -0.4 is 20.3 Å². The van der Waals surface area contributed by atoms with Crippen LogP contribution in [0.2, 0.25) is 0 Å². The van der Waals surface area contributed by atoms with Gasteiger partial charge in [-0.05, 0) is 105 Å². The van der Waals surface area contributed by atoms with Gasteiger partial charge in [0.15, 0.2) is 23.4 Å². The van der Waals surface area contributed by atoms with Crippen LogP contribution in [0.5, 0.6) is 11.5 Å². The van der Waals surface area contributed by atoms with Gasteiger partial charge in [-0.1, -0.05) is 44.5 Å². The van der Waals surface area contributed by atoms with Gasteiger partial charge in [-0.25, -0.2) is 13.6 Å². The molecule has 73 heavy (non-hydrogen) atoms. The van der Waals surface area contributed by atoms with Crippen LogP contribution in [0.4, 0.5) is 18.9 Å². The second-order valence-electron chi connectivity index (χ2n) is 15.2. The van der Waals surface area contributed by atoms with E-state index in [4.69, 9.17) is 14.2 Å². The second-order valence-corrected chi connectivity index (χ2v) is 17.5. The molecule has 1 atom stereocenters. The predicted molar refractivity (Wildman–Crippen MR) is 271 cm³/mol. The highest BCUT2D eigenvalue weighted by molar-refractivity contribution is 7.86. The van der Waals surface area contributed by atoms with Crippen molar-refractivity contribution in [3.8, 4) is 11.5 Å². The van der Waals surface area contributed by atoms with Crippen molar-refractivity contribution in [3.63, 3.8) is 0 Å². The monoisotopic (exact) mass is 1070 g/mol. The number of nitrogens with one attached hydrogen (secondary N) is 2. The summed E-state index contributed by atoms with van der Waals surface area (Å²) in [6.07, 6.45) is 6.80. The van der Waals surface area contributed by atoms with Crippen LogP contribution in [-0.4, -0.2) is 140 Å². The summed E-state index contributed by atoms with van der Waals surface area (Å²) in [6.45, 7) is 16.2. The van der Waals surface area contributed by atoms with E-state index in [0.29, 0.717) is 16.7 Å². The summed E-state index contributed by atoms with van der Waals surface area (Å²) in [5, 5.41) is 14.7. The number of carbonyl (C=O) groups is 3. The highest BCUT2D eigenvalue weighted by atomic mass is 32.2. The zero-order valence-corrected chi connectivity index (χ0v) is 43.5. The molecule has 0 saturated carbocycles. The zero-order chi connectivity index (χ0) is 54.6. The smallest absolute Gasteiger partial charge is 0.494 e. The van der Waals surface area contributed by atoms with Crippen LogP contribution in [0.3, 0.4) is 0 Å². The number of amides is 2. The second kappa shape index (κ2) is 32.8. The topological polar surface area (TPSA) is 240 Å². The minimum absolute atomic E-state index is 0.00117. The van der Waals surface area contributed by atoms with Crippen molar-refractivity contribution in [2.75, 3.05) is 84.3 Å². The van der Waals surface area contributed by atoms with Crippen LogP contribution in [0.15, 0.2) is 106 Å². The number of halogens is 3. The van der Waals surface area contributed by atoms with Crippen LogP contribution in [0.1, 0.15) is 64.7 Å². The van der Waals surface area contributed by atoms with Gasteiger partial charge in [-0.15, -0.1) is 0 Å². The van der Waals surface area contributed by atoms with Crippen molar-refractivity contribution in [1.82, 2.24) is 10.6 Å². The lowest BCUT2D eigenvalue weighted by Gasteiger charge is -2.22. The summed E-state index contributed by atoms with van der Waals surface area (Å²) in [5.41, 5.74) is 4.28. The maximum absolute atomic E-state index is 13.0. The molecule has 23 heteroatoms. The van der Waals surface area contributed by atoms with Crippen molar-refractivity contribution in [3.05, 3.63) is 113 Å². The Kier molecular flexibility index (Phi) is 28.2. The van der Waals surface area contributed by atoms with Crippen molar-refractivity contribution < 1.29 is 83.0 Å². The third-order valence-electron chi connectivity index (χ3n) is 9.91. The Hall–Kier alpha value is -6.21. The molecule has 0 fully saturated rings. The first kappa shape index (κ1) is 62.9. The van der Waals surface area contributed by atoms with Gasteiger partial charge in [-0.2, -0.15) is 26.5 Å². The zero-order valence-electron chi connectivity index (χ0n) is 41.9. The number of hydrogen-bond acceptors (Lipinski definition) is 13. The molecule has 1 aliphatic carbocycles. The predicted octanol–water partition coefficient (Wildman–Crippen LogP) is 6.91. The third-order valence-corrected chi connectivity index (χ3v) is 11.5. The summed E-state index contributed by atoms with van der Waals surface area (Å²) in [5.74, 6) is -3.31. The Morgan fingerprint density at radius 1 is 0.822 bits per heavy atom. The number of nitrogens with zero attached hydrogens (tertiary/aromatic N) is 2. The molecule has 1 unspecified atom stereocenters. The van der Waals surface area contributed by atoms with Crippen LogP contribution in [0.25, 0.3) is 11.6 Å². The average Bonchev–Trinajstić information content (AvgIpc) is 3.35. The molecule has 18 nitrogen and oxygen atoms in total. The van der Waals surface area contributed by atoms with Gasteiger partial charge in [0, 0.05) is 55.7 Å². The van der Waals surface area contributed by atoms with Crippen molar-refractivity contribution >= 4 is 62.0 Å². The Balaban J connectivity index is 0.00000135. The molecule has 5 N–H and O–H groups in total. The molecule has 0 bridgehead atoms. The number of allylic oxidation sites excluding steroid dienone is 5. The number of ether oxygens (including phenoxy) is 3. The normalized spacial score (nSPS) is 12.5. The summed E-state index contributed by atoms with van der Waals surface area (Å²) in [6, 6.07) is 16.1. The van der Waals surface area contributed by atoms with E-state index in [0.717, 1.165) is 56.3 Å². The highest BCUT2D eigenvalue weighted by Crippen LogP contribution is 2.39. The lowest BCUT2D eigenvalue weighted by atomic mass is 9.90. The molecule has 3 aromatic rings. The quantitative estimate of drug-likeness (QED) is 0.0116. The maximum Gasteiger partial charge on any atom is 0.494 e. The SMILES string of the molecule is CCC.CCN(CC)c1ccc(C(=C2C=CC(=[N+](CC)CC)C=C2)c2cc(OCC(=O)NCCOCCOCCNC(=O)/C=C/c3ccc(O)cc3)c(S(=O)O)cc2S(=O)(=O)O)cc1.COOC(=O)C(F)(F)F. The van der Waals surface area contributed by atoms with Crippen molar-refractivity contribution in [2.24, 2.45) is 0 Å². The van der Waals surface area contributed by atoms with Gasteiger partial charge >= 0.3 is 12.1 Å². The van der Waals surface area contributed by atoms with E-state index in [1.165, 1.54) is 30.7 Å². The molecule has 0 saturated heterocycles. The molecule has 2 amide bonds. The lowest BCUT2D eigenvalue weighted by Crippen LogP contribution is -2.32. The molecule has 4 rings (SSSR count). The summed E-state index contributed by atoms with van der Waals surface area (Å²) in [4.78, 5) is 42.1. The molecule has 0 aromatic heterocycles. The summed E-state index contributed by atoms with van der Waals surface area (Å²) in [7, 11) is -4.16. The standard InChI is InChI=1S/C44H54N4O11S2.C3H3F3O3.C3H8/c1-5-47(6-2)35-16-12-33(13-17-35)44(34-14-18-36(19-15-34)48(7-3)8-4)38-29-39(40(60(52)53)30-41(38)61(54,55)56)59-31-43(51)46-24-26-58-28-27-57-25-23-45-42(50)22-11-32-9-20-37(49)21-10-32;1-8-9-2(7)3(4,5)6;1-3-2/h9-22,29-30H,5-8,23-28,31H2,1-4H3,(H4-,45,46,49,50,51,52,53,54,55,56);1H3;3H2,1-2H3/p+1.